The summed E-state index contributed by atoms with van der Waals surface area (Å²) in [5.41, 5.74) is 1.72. The van der Waals surface area contributed by atoms with Gasteiger partial charge in [-0.15, -0.1) is 0 Å². The summed E-state index contributed by atoms with van der Waals surface area (Å²) in [4.78, 5) is 0. The molecule has 0 aliphatic carbocycles. The van der Waals surface area contributed by atoms with Crippen LogP contribution in [0.2, 0.25) is 0 Å². The van der Waals surface area contributed by atoms with E-state index in [9.17, 15) is 0 Å². The van der Waals surface area contributed by atoms with Crippen LogP contribution in [0.1, 0.15) is 11.3 Å². The van der Waals surface area contributed by atoms with Crippen molar-refractivity contribution < 1.29 is 0 Å². The molecule has 2 nitrogen and oxygen atoms in total. The highest BCUT2D eigenvalue weighted by atomic mass is 79.9. The average Bonchev–Trinajstić information content (AvgIpc) is 2.09. The Kier molecular flexibility index (Phi) is 1.82. The molecular formula is C7H7BrN2. The molecule has 10 heavy (non-hydrogen) atoms. The van der Waals surface area contributed by atoms with Crippen LogP contribution >= 0.6 is 15.9 Å². The van der Waals surface area contributed by atoms with Gasteiger partial charge in [0.1, 0.15) is 11.8 Å². The Morgan fingerprint density at radius 3 is 2.50 bits per heavy atom. The maximum atomic E-state index is 8.62. The molecule has 0 aromatic carbocycles. The first-order valence-corrected chi connectivity index (χ1v) is 3.67. The second-order valence-electron chi connectivity index (χ2n) is 2.17. The number of hydrogen-bond acceptors (Lipinski definition) is 1. The van der Waals surface area contributed by atoms with Gasteiger partial charge in [0.2, 0.25) is 0 Å². The molecule has 0 fully saturated rings. The third-order valence-electron chi connectivity index (χ3n) is 1.48. The minimum Gasteiger partial charge on any atom is -0.341 e. The van der Waals surface area contributed by atoms with Gasteiger partial charge < -0.3 is 4.57 Å². The molecule has 0 atom stereocenters. The molecule has 0 aliphatic rings. The summed E-state index contributed by atoms with van der Waals surface area (Å²) >= 11 is 3.34. The maximum Gasteiger partial charge on any atom is 0.124 e. The number of halogens is 1. The van der Waals surface area contributed by atoms with E-state index in [2.05, 4.69) is 22.0 Å². The summed E-state index contributed by atoms with van der Waals surface area (Å²) in [6.45, 7) is 1.92. The zero-order chi connectivity index (χ0) is 7.72. The van der Waals surface area contributed by atoms with Crippen LogP contribution in [0, 0.1) is 18.3 Å². The van der Waals surface area contributed by atoms with Gasteiger partial charge in [0, 0.05) is 17.7 Å². The SMILES string of the molecule is Cc1c(Br)cn(C)c1C#N. The van der Waals surface area contributed by atoms with E-state index in [1.54, 1.807) is 4.57 Å². The highest BCUT2D eigenvalue weighted by molar-refractivity contribution is 9.10. The van der Waals surface area contributed by atoms with E-state index < -0.39 is 0 Å². The van der Waals surface area contributed by atoms with Crippen LogP contribution in [-0.4, -0.2) is 4.57 Å². The number of aryl methyl sites for hydroxylation is 1. The minimum absolute atomic E-state index is 0.715. The van der Waals surface area contributed by atoms with Crippen LogP contribution in [0.25, 0.3) is 0 Å². The Bertz CT molecular complexity index is 293. The van der Waals surface area contributed by atoms with Gasteiger partial charge in [-0.1, -0.05) is 0 Å². The highest BCUT2D eigenvalue weighted by Gasteiger charge is 2.05. The molecule has 1 rings (SSSR count). The Labute approximate surface area is 68.2 Å². The number of hydrogen-bond donors (Lipinski definition) is 0. The number of nitriles is 1. The second-order valence-corrected chi connectivity index (χ2v) is 3.03. The zero-order valence-corrected chi connectivity index (χ0v) is 7.44. The molecule has 0 spiro atoms. The molecule has 1 aromatic heterocycles. The number of rotatable bonds is 0. The number of aromatic nitrogens is 1. The van der Waals surface area contributed by atoms with Gasteiger partial charge in [-0.2, -0.15) is 5.26 Å². The molecule has 0 bridgehead atoms. The number of nitrogens with zero attached hydrogens (tertiary/aromatic N) is 2. The summed E-state index contributed by atoms with van der Waals surface area (Å²) in [6.07, 6.45) is 1.88. The Hall–Kier alpha value is -0.750. The largest absolute Gasteiger partial charge is 0.341 e. The quantitative estimate of drug-likeness (QED) is 0.627. The Morgan fingerprint density at radius 2 is 2.30 bits per heavy atom. The molecule has 1 heterocycles. The smallest absolute Gasteiger partial charge is 0.124 e. The monoisotopic (exact) mass is 198 g/mol. The maximum absolute atomic E-state index is 8.62. The first kappa shape index (κ1) is 7.36. The van der Waals surface area contributed by atoms with Crippen molar-refractivity contribution in [2.45, 2.75) is 6.92 Å². The summed E-state index contributed by atoms with van der Waals surface area (Å²) in [7, 11) is 1.86. The fourth-order valence-corrected chi connectivity index (χ4v) is 1.37. The lowest BCUT2D eigenvalue weighted by Crippen LogP contribution is -1.89. The molecule has 52 valence electrons. The third kappa shape index (κ3) is 0.952. The van der Waals surface area contributed by atoms with Crippen LogP contribution in [-0.2, 0) is 7.05 Å². The van der Waals surface area contributed by atoms with Crippen molar-refractivity contribution in [3.63, 3.8) is 0 Å². The molecule has 0 unspecified atom stereocenters. The van der Waals surface area contributed by atoms with Gasteiger partial charge in [-0.25, -0.2) is 0 Å². The normalized spacial score (nSPS) is 9.40. The molecule has 1 aromatic rings. The molecule has 0 aliphatic heterocycles. The predicted molar refractivity (Wildman–Crippen MR) is 42.6 cm³/mol. The van der Waals surface area contributed by atoms with Gasteiger partial charge in [0.25, 0.3) is 0 Å². The molecular weight excluding hydrogens is 192 g/mol. The zero-order valence-electron chi connectivity index (χ0n) is 5.85. The fraction of sp³-hybridized carbons (Fsp3) is 0.286. The van der Waals surface area contributed by atoms with Crippen molar-refractivity contribution in [2.75, 3.05) is 0 Å². The van der Waals surface area contributed by atoms with E-state index >= 15 is 0 Å². The molecule has 0 saturated heterocycles. The summed E-state index contributed by atoms with van der Waals surface area (Å²) in [6, 6.07) is 2.12. The van der Waals surface area contributed by atoms with E-state index in [-0.39, 0.29) is 0 Å². The molecule has 3 heteroatoms. The lowest BCUT2D eigenvalue weighted by molar-refractivity contribution is 0.903. The van der Waals surface area contributed by atoms with Crippen molar-refractivity contribution in [1.82, 2.24) is 4.57 Å². The van der Waals surface area contributed by atoms with Gasteiger partial charge >= 0.3 is 0 Å². The first-order valence-electron chi connectivity index (χ1n) is 2.88. The second kappa shape index (κ2) is 2.47. The van der Waals surface area contributed by atoms with Crippen LogP contribution in [0.4, 0.5) is 0 Å². The van der Waals surface area contributed by atoms with Crippen molar-refractivity contribution in [2.24, 2.45) is 7.05 Å². The third-order valence-corrected chi connectivity index (χ3v) is 2.28. The van der Waals surface area contributed by atoms with Crippen molar-refractivity contribution in [1.29, 1.82) is 5.26 Å². The average molecular weight is 199 g/mol. The van der Waals surface area contributed by atoms with Crippen LogP contribution < -0.4 is 0 Å². The van der Waals surface area contributed by atoms with E-state index in [0.717, 1.165) is 10.0 Å². The van der Waals surface area contributed by atoms with E-state index in [1.807, 2.05) is 20.2 Å². The van der Waals surface area contributed by atoms with Crippen LogP contribution in [0.15, 0.2) is 10.7 Å². The van der Waals surface area contributed by atoms with E-state index in [4.69, 9.17) is 5.26 Å². The topological polar surface area (TPSA) is 28.7 Å². The highest BCUT2D eigenvalue weighted by Crippen LogP contribution is 2.19. The van der Waals surface area contributed by atoms with Gasteiger partial charge in [-0.05, 0) is 28.4 Å². The van der Waals surface area contributed by atoms with Crippen LogP contribution in [0.5, 0.6) is 0 Å². The van der Waals surface area contributed by atoms with Crippen molar-refractivity contribution >= 4 is 15.9 Å². The van der Waals surface area contributed by atoms with Gasteiger partial charge in [-0.3, -0.25) is 0 Å². The minimum atomic E-state index is 0.715. The Balaban J connectivity index is 3.37. The van der Waals surface area contributed by atoms with E-state index in [0.29, 0.717) is 5.69 Å². The standard InChI is InChI=1S/C7H7BrN2/c1-5-6(8)4-10(2)7(5)3-9/h4H,1-2H3. The molecule has 0 radical (unpaired) electrons. The summed E-state index contributed by atoms with van der Waals surface area (Å²) in [5, 5.41) is 8.62. The fourth-order valence-electron chi connectivity index (χ4n) is 0.872. The molecule has 0 saturated carbocycles. The first-order chi connectivity index (χ1) is 4.66. The summed E-state index contributed by atoms with van der Waals surface area (Å²) < 4.78 is 2.80. The Morgan fingerprint density at radius 1 is 1.70 bits per heavy atom. The summed E-state index contributed by atoms with van der Waals surface area (Å²) in [5.74, 6) is 0. The lowest BCUT2D eigenvalue weighted by atomic mass is 10.3. The van der Waals surface area contributed by atoms with E-state index in [1.165, 1.54) is 0 Å². The molecule has 0 N–H and O–H groups in total. The van der Waals surface area contributed by atoms with Crippen molar-refractivity contribution in [3.05, 3.63) is 21.9 Å². The lowest BCUT2D eigenvalue weighted by Gasteiger charge is -1.90. The van der Waals surface area contributed by atoms with Gasteiger partial charge in [0.15, 0.2) is 0 Å². The predicted octanol–water partition coefficient (Wildman–Crippen LogP) is 1.97. The van der Waals surface area contributed by atoms with Crippen molar-refractivity contribution in [3.8, 4) is 6.07 Å². The van der Waals surface area contributed by atoms with Crippen LogP contribution in [0.3, 0.4) is 0 Å². The molecule has 0 amide bonds. The van der Waals surface area contributed by atoms with Gasteiger partial charge in [0.05, 0.1) is 0 Å².